The predicted molar refractivity (Wildman–Crippen MR) is 236 cm³/mol. The first-order chi connectivity index (χ1) is 29.7. The van der Waals surface area contributed by atoms with Gasteiger partial charge in [0, 0.05) is 30.9 Å². The van der Waals surface area contributed by atoms with E-state index in [-0.39, 0.29) is 30.6 Å². The fourth-order valence-electron chi connectivity index (χ4n) is 7.58. The van der Waals surface area contributed by atoms with E-state index in [1.807, 2.05) is 24.3 Å². The molecular weight excluding hydrogens is 777 g/mol. The Morgan fingerprint density at radius 2 is 1.20 bits per heavy atom. The zero-order chi connectivity index (χ0) is 43.2. The molecule has 3 heterocycles. The maximum atomic E-state index is 12.8. The van der Waals surface area contributed by atoms with Crippen molar-refractivity contribution in [1.29, 1.82) is 0 Å². The number of hydrogen-bond donors (Lipinski definition) is 7. The van der Waals surface area contributed by atoms with Crippen LogP contribution in [0.5, 0.6) is 0 Å². The van der Waals surface area contributed by atoms with E-state index in [1.165, 1.54) is 101 Å². The van der Waals surface area contributed by atoms with E-state index in [9.17, 15) is 29.7 Å². The van der Waals surface area contributed by atoms with Gasteiger partial charge < -0.3 is 41.3 Å². The molecule has 15 nitrogen and oxygen atoms in total. The molecule has 4 atom stereocenters. The van der Waals surface area contributed by atoms with Gasteiger partial charge in [-0.05, 0) is 41.8 Å². The van der Waals surface area contributed by atoms with Crippen LogP contribution in [0.3, 0.4) is 0 Å². The van der Waals surface area contributed by atoms with E-state index >= 15 is 0 Å². The van der Waals surface area contributed by atoms with Crippen LogP contribution in [0.1, 0.15) is 127 Å². The number of unbranched alkanes of at least 4 members (excludes halogenated alkanes) is 14. The molecule has 2 aromatic carbocycles. The average Bonchev–Trinajstić information content (AvgIpc) is 3.82. The Labute approximate surface area is 359 Å². The molecule has 4 unspecified atom stereocenters. The Morgan fingerprint density at radius 3 is 1.77 bits per heavy atom. The maximum absolute atomic E-state index is 12.8. The number of aromatic nitrogens is 4. The number of carbonyl (C=O) groups is 3. The van der Waals surface area contributed by atoms with Crippen molar-refractivity contribution in [3.63, 3.8) is 0 Å². The van der Waals surface area contributed by atoms with Crippen molar-refractivity contribution in [3.05, 3.63) is 72.3 Å². The molecule has 0 radical (unpaired) electrons. The van der Waals surface area contributed by atoms with Gasteiger partial charge in [-0.15, -0.1) is 0 Å². The number of anilines is 3. The molecule has 5 rings (SSSR count). The Balaban J connectivity index is 0.908. The first-order valence-electron chi connectivity index (χ1n) is 22.3. The Kier molecular flexibility index (Phi) is 19.9. The summed E-state index contributed by atoms with van der Waals surface area (Å²) in [6, 6.07) is 14.4. The normalized spacial score (nSPS) is 17.4. The summed E-state index contributed by atoms with van der Waals surface area (Å²) in [5.74, 6) is 0.106. The van der Waals surface area contributed by atoms with Crippen LogP contribution in [-0.4, -0.2) is 90.6 Å². The number of carbonyl (C=O) groups excluding carboxylic acids is 3. The van der Waals surface area contributed by atoms with Crippen LogP contribution in [0.25, 0.3) is 11.2 Å². The molecule has 0 spiro atoms. The monoisotopic (exact) mass is 843 g/mol. The van der Waals surface area contributed by atoms with E-state index < -0.39 is 31.1 Å². The number of rotatable bonds is 28. The number of aliphatic hydroxyl groups is 3. The number of imidazole rings is 1. The van der Waals surface area contributed by atoms with Crippen molar-refractivity contribution in [2.24, 2.45) is 0 Å². The summed E-state index contributed by atoms with van der Waals surface area (Å²) in [5.41, 5.74) is 3.70. The molecule has 0 bridgehead atoms. The highest BCUT2D eigenvalue weighted by Crippen LogP contribution is 2.32. The summed E-state index contributed by atoms with van der Waals surface area (Å²) in [5, 5.41) is 41.9. The maximum Gasteiger partial charge on any atom is 0.228 e. The lowest BCUT2D eigenvalue weighted by Gasteiger charge is -2.16. The number of fused-ring (bicyclic) bond motifs is 1. The topological polar surface area (TPSA) is 213 Å². The largest absolute Gasteiger partial charge is 0.394 e. The van der Waals surface area contributed by atoms with Gasteiger partial charge in [-0.3, -0.25) is 19.0 Å². The number of amides is 3. The molecule has 2 aromatic heterocycles. The second kappa shape index (κ2) is 25.7. The summed E-state index contributed by atoms with van der Waals surface area (Å²) >= 11 is 0. The van der Waals surface area contributed by atoms with Crippen molar-refractivity contribution in [2.45, 2.75) is 147 Å². The third kappa shape index (κ3) is 15.5. The number of nitrogens with zero attached hydrogens (tertiary/aromatic N) is 4. The molecule has 332 valence electrons. The summed E-state index contributed by atoms with van der Waals surface area (Å²) in [6.45, 7) is 2.58. The first kappa shape index (κ1) is 47.1. The lowest BCUT2D eigenvalue weighted by Crippen LogP contribution is -2.35. The van der Waals surface area contributed by atoms with Crippen molar-refractivity contribution in [2.75, 3.05) is 30.3 Å². The number of nitrogens with one attached hydrogen (secondary N) is 4. The lowest BCUT2D eigenvalue weighted by atomic mass is 10.0. The predicted octanol–water partition coefficient (Wildman–Crippen LogP) is 6.40. The molecule has 1 aliphatic heterocycles. The van der Waals surface area contributed by atoms with Crippen molar-refractivity contribution >= 4 is 46.1 Å². The molecule has 0 aliphatic carbocycles. The van der Waals surface area contributed by atoms with Crippen molar-refractivity contribution in [1.82, 2.24) is 30.2 Å². The van der Waals surface area contributed by atoms with Crippen molar-refractivity contribution < 1.29 is 34.4 Å². The minimum atomic E-state index is -1.28. The highest BCUT2D eigenvalue weighted by atomic mass is 16.6. The second-order valence-electron chi connectivity index (χ2n) is 16.1. The Morgan fingerprint density at radius 1 is 0.656 bits per heavy atom. The standard InChI is InChI=1S/C46H66N8O7/c1-2-3-4-5-6-7-8-9-10-11-12-13-14-15-16-17-38(56)47-26-27-48-39(57)28-33-18-22-35(23-19-33)52-40(58)29-34-20-24-36(25-21-34)53-44-41-45(50-31-49-44)54(32-51-41)46-43(60)42(59)37(30-55)61-46/h18-25,31-32,37,42-43,46,55,59-60H,2-17,26-30H2,1H3,(H,47,56)(H,48,57)(H,52,58)(H,49,50,53). The first-order valence-corrected chi connectivity index (χ1v) is 22.3. The number of aliphatic hydroxyl groups excluding tert-OH is 3. The van der Waals surface area contributed by atoms with E-state index in [1.54, 1.807) is 24.3 Å². The van der Waals surface area contributed by atoms with Gasteiger partial charge in [0.05, 0.1) is 25.8 Å². The summed E-state index contributed by atoms with van der Waals surface area (Å²) in [7, 11) is 0. The van der Waals surface area contributed by atoms with Crippen LogP contribution in [-0.2, 0) is 32.0 Å². The molecular formula is C46H66N8O7. The van der Waals surface area contributed by atoms with E-state index in [4.69, 9.17) is 4.74 Å². The minimum absolute atomic E-state index is 0.0291. The zero-order valence-corrected chi connectivity index (χ0v) is 35.7. The van der Waals surface area contributed by atoms with Gasteiger partial charge in [-0.1, -0.05) is 121 Å². The highest BCUT2D eigenvalue weighted by Gasteiger charge is 2.44. The van der Waals surface area contributed by atoms with Crippen molar-refractivity contribution in [3.8, 4) is 0 Å². The highest BCUT2D eigenvalue weighted by molar-refractivity contribution is 5.92. The third-order valence-corrected chi connectivity index (χ3v) is 11.1. The Hall–Kier alpha value is -4.96. The molecule has 1 fully saturated rings. The van der Waals surface area contributed by atoms with Crippen LogP contribution in [0, 0.1) is 0 Å². The molecule has 1 saturated heterocycles. The number of hydrogen-bond acceptors (Lipinski definition) is 11. The lowest BCUT2D eigenvalue weighted by molar-refractivity contribution is -0.122. The minimum Gasteiger partial charge on any atom is -0.394 e. The quantitative estimate of drug-likeness (QED) is 0.0311. The van der Waals surface area contributed by atoms with Gasteiger partial charge in [-0.2, -0.15) is 0 Å². The van der Waals surface area contributed by atoms with Gasteiger partial charge >= 0.3 is 0 Å². The summed E-state index contributed by atoms with van der Waals surface area (Å²) in [4.78, 5) is 50.5. The average molecular weight is 843 g/mol. The van der Waals surface area contributed by atoms with Gasteiger partial charge in [0.25, 0.3) is 0 Å². The SMILES string of the molecule is CCCCCCCCCCCCCCCCCC(=O)NCCNC(=O)Cc1ccc(NC(=O)Cc2ccc(Nc3ncnc4c3ncn4C3OC(CO)C(O)C3O)cc2)cc1. The zero-order valence-electron chi connectivity index (χ0n) is 35.7. The van der Waals surface area contributed by atoms with Crippen LogP contribution in [0.4, 0.5) is 17.2 Å². The van der Waals surface area contributed by atoms with Crippen LogP contribution < -0.4 is 21.3 Å². The smallest absolute Gasteiger partial charge is 0.228 e. The summed E-state index contributed by atoms with van der Waals surface area (Å²) in [6.07, 6.45) is 18.6. The summed E-state index contributed by atoms with van der Waals surface area (Å²) < 4.78 is 7.12. The van der Waals surface area contributed by atoms with Crippen LogP contribution >= 0.6 is 0 Å². The number of benzene rings is 2. The van der Waals surface area contributed by atoms with Gasteiger partial charge in [0.2, 0.25) is 17.7 Å². The van der Waals surface area contributed by atoms with Crippen LogP contribution in [0.2, 0.25) is 0 Å². The molecule has 0 saturated carbocycles. The van der Waals surface area contributed by atoms with E-state index in [0.717, 1.165) is 24.0 Å². The fourth-order valence-corrected chi connectivity index (χ4v) is 7.58. The molecule has 61 heavy (non-hydrogen) atoms. The molecule has 15 heteroatoms. The van der Waals surface area contributed by atoms with E-state index in [2.05, 4.69) is 43.1 Å². The third-order valence-electron chi connectivity index (χ3n) is 11.1. The van der Waals surface area contributed by atoms with Gasteiger partial charge in [-0.25, -0.2) is 15.0 Å². The molecule has 4 aromatic rings. The molecule has 1 aliphatic rings. The molecule has 7 N–H and O–H groups in total. The molecule has 3 amide bonds. The number of ether oxygens (including phenoxy) is 1. The van der Waals surface area contributed by atoms with Gasteiger partial charge in [0.15, 0.2) is 23.2 Å². The van der Waals surface area contributed by atoms with Gasteiger partial charge in [0.1, 0.15) is 24.6 Å². The van der Waals surface area contributed by atoms with Crippen LogP contribution in [0.15, 0.2) is 61.2 Å². The Bertz CT molecular complexity index is 1920. The fraction of sp³-hybridized carbons (Fsp3) is 0.565. The van der Waals surface area contributed by atoms with E-state index in [0.29, 0.717) is 47.9 Å². The second-order valence-corrected chi connectivity index (χ2v) is 16.1.